The van der Waals surface area contributed by atoms with Crippen LogP contribution in [0.5, 0.6) is 0 Å². The zero-order chi connectivity index (χ0) is 9.03. The van der Waals surface area contributed by atoms with Crippen molar-refractivity contribution in [1.29, 1.82) is 0 Å². The summed E-state index contributed by atoms with van der Waals surface area (Å²) in [5.74, 6) is 1.76. The molecule has 12 heavy (non-hydrogen) atoms. The van der Waals surface area contributed by atoms with Gasteiger partial charge in [0, 0.05) is 12.0 Å². The average Bonchev–Trinajstić information content (AvgIpc) is 2.79. The highest BCUT2D eigenvalue weighted by atomic mass is 32.1. The Hall–Kier alpha value is 0.310. The summed E-state index contributed by atoms with van der Waals surface area (Å²) in [5.41, 5.74) is 0.472. The van der Waals surface area contributed by atoms with E-state index in [2.05, 4.69) is 26.5 Å². The molecule has 0 saturated heterocycles. The molecule has 72 valence electrons. The zero-order valence-electron chi connectivity index (χ0n) is 8.18. The Morgan fingerprint density at radius 3 is 2.50 bits per heavy atom. The monoisotopic (exact) mass is 188 g/mol. The van der Waals surface area contributed by atoms with Crippen molar-refractivity contribution in [3.63, 3.8) is 0 Å². The lowest BCUT2D eigenvalue weighted by Crippen LogP contribution is -2.13. The van der Waals surface area contributed by atoms with E-state index in [4.69, 9.17) is 4.74 Å². The molecule has 0 atom stereocenters. The molecule has 1 nitrogen and oxygen atoms in total. The summed E-state index contributed by atoms with van der Waals surface area (Å²) in [6.45, 7) is 6.32. The molecule has 2 heteroatoms. The molecule has 0 spiro atoms. The molecule has 1 rings (SSSR count). The lowest BCUT2D eigenvalue weighted by Gasteiger charge is -2.12. The van der Waals surface area contributed by atoms with Gasteiger partial charge in [0.15, 0.2) is 0 Å². The molecule has 0 N–H and O–H groups in total. The molecule has 1 aliphatic carbocycles. The lowest BCUT2D eigenvalue weighted by molar-refractivity contribution is 0.0899. The maximum absolute atomic E-state index is 5.61. The molecule has 0 aromatic rings. The molecular formula is C10H20OS. The van der Waals surface area contributed by atoms with Gasteiger partial charge in [0.25, 0.3) is 0 Å². The van der Waals surface area contributed by atoms with Crippen LogP contribution in [-0.4, -0.2) is 19.0 Å². The molecule has 0 aliphatic heterocycles. The molecule has 0 bridgehead atoms. The largest absolute Gasteiger partial charge is 0.381 e. The van der Waals surface area contributed by atoms with Crippen LogP contribution in [0.1, 0.15) is 33.1 Å². The predicted molar refractivity (Wildman–Crippen MR) is 55.8 cm³/mol. The molecule has 1 aliphatic rings. The van der Waals surface area contributed by atoms with Crippen LogP contribution in [-0.2, 0) is 4.74 Å². The van der Waals surface area contributed by atoms with E-state index in [0.29, 0.717) is 5.41 Å². The highest BCUT2D eigenvalue weighted by Crippen LogP contribution is 2.46. The van der Waals surface area contributed by atoms with E-state index in [-0.39, 0.29) is 0 Å². The number of ether oxygens (including phenoxy) is 1. The summed E-state index contributed by atoms with van der Waals surface area (Å²) in [6.07, 6.45) is 3.82. The summed E-state index contributed by atoms with van der Waals surface area (Å²) in [6, 6.07) is 0. The Morgan fingerprint density at radius 2 is 2.08 bits per heavy atom. The van der Waals surface area contributed by atoms with Gasteiger partial charge in [0.05, 0.1) is 6.61 Å². The first-order chi connectivity index (χ1) is 5.68. The van der Waals surface area contributed by atoms with E-state index >= 15 is 0 Å². The van der Waals surface area contributed by atoms with E-state index in [1.807, 2.05) is 0 Å². The normalized spacial score (nSPS) is 20.0. The van der Waals surface area contributed by atoms with Gasteiger partial charge in [-0.3, -0.25) is 0 Å². The highest BCUT2D eigenvalue weighted by Gasteiger charge is 2.41. The van der Waals surface area contributed by atoms with Crippen LogP contribution in [0, 0.1) is 11.3 Å². The molecule has 1 fully saturated rings. The van der Waals surface area contributed by atoms with Gasteiger partial charge in [-0.25, -0.2) is 0 Å². The highest BCUT2D eigenvalue weighted by molar-refractivity contribution is 7.80. The second-order valence-corrected chi connectivity index (χ2v) is 4.71. The van der Waals surface area contributed by atoms with Crippen LogP contribution in [0.4, 0.5) is 0 Å². The van der Waals surface area contributed by atoms with Crippen molar-refractivity contribution >= 4 is 12.6 Å². The molecule has 0 unspecified atom stereocenters. The van der Waals surface area contributed by atoms with Crippen molar-refractivity contribution in [2.24, 2.45) is 11.3 Å². The SMILES string of the molecule is CC(C)CCOCC1(CS)CC1. The predicted octanol–water partition coefficient (Wildman–Crippen LogP) is 2.76. The van der Waals surface area contributed by atoms with Gasteiger partial charge < -0.3 is 4.74 Å². The Kier molecular flexibility index (Phi) is 3.91. The van der Waals surface area contributed by atoms with Crippen molar-refractivity contribution < 1.29 is 4.74 Å². The fourth-order valence-corrected chi connectivity index (χ4v) is 1.54. The number of hydrogen-bond acceptors (Lipinski definition) is 2. The van der Waals surface area contributed by atoms with E-state index < -0.39 is 0 Å². The van der Waals surface area contributed by atoms with E-state index in [1.54, 1.807) is 0 Å². The first-order valence-corrected chi connectivity index (χ1v) is 5.50. The number of thiol groups is 1. The van der Waals surface area contributed by atoms with Gasteiger partial charge in [-0.1, -0.05) is 13.8 Å². The fourth-order valence-electron chi connectivity index (χ4n) is 1.13. The fraction of sp³-hybridized carbons (Fsp3) is 1.00. The molecular weight excluding hydrogens is 168 g/mol. The minimum Gasteiger partial charge on any atom is -0.381 e. The summed E-state index contributed by atoms with van der Waals surface area (Å²) < 4.78 is 5.61. The topological polar surface area (TPSA) is 9.23 Å². The van der Waals surface area contributed by atoms with Crippen LogP contribution in [0.2, 0.25) is 0 Å². The summed E-state index contributed by atoms with van der Waals surface area (Å²) in [7, 11) is 0. The first-order valence-electron chi connectivity index (χ1n) is 4.87. The maximum Gasteiger partial charge on any atom is 0.0530 e. The van der Waals surface area contributed by atoms with Crippen LogP contribution in [0.25, 0.3) is 0 Å². The molecule has 0 aromatic carbocycles. The van der Waals surface area contributed by atoms with Crippen LogP contribution < -0.4 is 0 Å². The summed E-state index contributed by atoms with van der Waals surface area (Å²) in [5, 5.41) is 0. The third-order valence-electron chi connectivity index (χ3n) is 2.54. The minimum atomic E-state index is 0.472. The Labute approximate surface area is 81.3 Å². The van der Waals surface area contributed by atoms with Crippen molar-refractivity contribution in [2.45, 2.75) is 33.1 Å². The van der Waals surface area contributed by atoms with E-state index in [0.717, 1.165) is 24.9 Å². The van der Waals surface area contributed by atoms with Crippen molar-refractivity contribution in [3.8, 4) is 0 Å². The van der Waals surface area contributed by atoms with E-state index in [9.17, 15) is 0 Å². The molecule has 0 amide bonds. The molecule has 0 radical (unpaired) electrons. The molecule has 0 aromatic heterocycles. The molecule has 1 saturated carbocycles. The van der Waals surface area contributed by atoms with Crippen molar-refractivity contribution in [3.05, 3.63) is 0 Å². The second kappa shape index (κ2) is 4.52. The summed E-state index contributed by atoms with van der Waals surface area (Å²) >= 11 is 4.33. The third kappa shape index (κ3) is 3.36. The minimum absolute atomic E-state index is 0.472. The van der Waals surface area contributed by atoms with Crippen LogP contribution >= 0.6 is 12.6 Å². The van der Waals surface area contributed by atoms with Gasteiger partial charge in [-0.05, 0) is 30.9 Å². The standard InChI is InChI=1S/C10H20OS/c1-9(2)3-6-11-7-10(8-12)4-5-10/h9,12H,3-8H2,1-2H3. The quantitative estimate of drug-likeness (QED) is 0.498. The maximum atomic E-state index is 5.61. The van der Waals surface area contributed by atoms with Gasteiger partial charge in [-0.2, -0.15) is 12.6 Å². The van der Waals surface area contributed by atoms with Gasteiger partial charge in [0.1, 0.15) is 0 Å². The van der Waals surface area contributed by atoms with Crippen LogP contribution in [0.3, 0.4) is 0 Å². The average molecular weight is 188 g/mol. The van der Waals surface area contributed by atoms with E-state index in [1.165, 1.54) is 19.3 Å². The molecule has 0 heterocycles. The lowest BCUT2D eigenvalue weighted by atomic mass is 10.1. The second-order valence-electron chi connectivity index (χ2n) is 4.39. The van der Waals surface area contributed by atoms with Crippen molar-refractivity contribution in [1.82, 2.24) is 0 Å². The van der Waals surface area contributed by atoms with Gasteiger partial charge in [0.2, 0.25) is 0 Å². The number of hydrogen-bond donors (Lipinski definition) is 1. The number of rotatable bonds is 6. The Balaban J connectivity index is 1.95. The Bertz CT molecular complexity index is 130. The Morgan fingerprint density at radius 1 is 1.42 bits per heavy atom. The van der Waals surface area contributed by atoms with Crippen LogP contribution in [0.15, 0.2) is 0 Å². The van der Waals surface area contributed by atoms with Crippen molar-refractivity contribution in [2.75, 3.05) is 19.0 Å². The zero-order valence-corrected chi connectivity index (χ0v) is 9.07. The van der Waals surface area contributed by atoms with Gasteiger partial charge >= 0.3 is 0 Å². The summed E-state index contributed by atoms with van der Waals surface area (Å²) in [4.78, 5) is 0. The first kappa shape index (κ1) is 10.4. The van der Waals surface area contributed by atoms with Gasteiger partial charge in [-0.15, -0.1) is 0 Å². The third-order valence-corrected chi connectivity index (χ3v) is 3.21. The smallest absolute Gasteiger partial charge is 0.0530 e.